The molecule has 6 nitrogen and oxygen atoms in total. The van der Waals surface area contributed by atoms with Crippen LogP contribution in [-0.2, 0) is 22.4 Å². The Balaban J connectivity index is 1.39. The predicted octanol–water partition coefficient (Wildman–Crippen LogP) is 5.93. The van der Waals surface area contributed by atoms with Crippen molar-refractivity contribution < 1.29 is 23.5 Å². The van der Waals surface area contributed by atoms with E-state index in [1.807, 2.05) is 6.07 Å². The highest BCUT2D eigenvalue weighted by Gasteiger charge is 2.26. The zero-order chi connectivity index (χ0) is 24.8. The zero-order valence-corrected chi connectivity index (χ0v) is 20.8. The highest BCUT2D eigenvalue weighted by molar-refractivity contribution is 8.00. The highest BCUT2D eigenvalue weighted by Crippen LogP contribution is 2.38. The number of nitrogens with one attached hydrogen (secondary N) is 2. The molecule has 0 unspecified atom stereocenters. The minimum Gasteiger partial charge on any atom is -0.465 e. The van der Waals surface area contributed by atoms with Gasteiger partial charge >= 0.3 is 5.97 Å². The van der Waals surface area contributed by atoms with Gasteiger partial charge in [0.2, 0.25) is 5.91 Å². The molecule has 2 N–H and O–H groups in total. The smallest absolute Gasteiger partial charge is 0.341 e. The van der Waals surface area contributed by atoms with Gasteiger partial charge in [0.1, 0.15) is 10.8 Å². The quantitative estimate of drug-likeness (QED) is 0.233. The van der Waals surface area contributed by atoms with E-state index in [1.165, 1.54) is 54.5 Å². The molecule has 0 spiro atoms. The van der Waals surface area contributed by atoms with Crippen molar-refractivity contribution in [3.05, 3.63) is 75.9 Å². The third kappa shape index (κ3) is 6.29. The van der Waals surface area contributed by atoms with E-state index < -0.39 is 11.8 Å². The number of carbonyl (C=O) groups is 3. The van der Waals surface area contributed by atoms with Crippen LogP contribution in [-0.4, -0.2) is 30.6 Å². The maximum atomic E-state index is 13.1. The molecule has 0 fully saturated rings. The summed E-state index contributed by atoms with van der Waals surface area (Å²) in [6, 6.07) is 12.4. The Labute approximate surface area is 211 Å². The number of rotatable bonds is 7. The van der Waals surface area contributed by atoms with Crippen LogP contribution >= 0.6 is 23.1 Å². The lowest BCUT2D eigenvalue weighted by atomic mass is 10.1. The number of esters is 1. The van der Waals surface area contributed by atoms with Crippen molar-refractivity contribution in [2.75, 3.05) is 23.5 Å². The van der Waals surface area contributed by atoms with E-state index >= 15 is 0 Å². The van der Waals surface area contributed by atoms with Gasteiger partial charge in [-0.15, -0.1) is 23.1 Å². The molecule has 4 rings (SSSR count). The number of halogens is 1. The number of anilines is 2. The van der Waals surface area contributed by atoms with Crippen molar-refractivity contribution in [1.29, 1.82) is 0 Å². The highest BCUT2D eigenvalue weighted by atomic mass is 32.2. The molecule has 2 amide bonds. The fourth-order valence-corrected chi connectivity index (χ4v) is 5.98. The summed E-state index contributed by atoms with van der Waals surface area (Å²) in [4.78, 5) is 39.5. The van der Waals surface area contributed by atoms with Gasteiger partial charge in [0.25, 0.3) is 5.91 Å². The van der Waals surface area contributed by atoms with Crippen LogP contribution in [0.25, 0.3) is 0 Å². The number of hydrogen-bond donors (Lipinski definition) is 2. The van der Waals surface area contributed by atoms with E-state index in [0.29, 0.717) is 21.8 Å². The molecule has 1 aromatic heterocycles. The second-order valence-electron chi connectivity index (χ2n) is 8.09. The molecule has 2 aromatic carbocycles. The lowest BCUT2D eigenvalue weighted by molar-refractivity contribution is -0.113. The molecule has 3 aromatic rings. The van der Waals surface area contributed by atoms with Crippen molar-refractivity contribution >= 4 is 51.6 Å². The SMILES string of the molecule is COC(=O)c1c(NC(=O)CSc2cccc(NC(=O)c3ccc(F)cc3)c2)sc2c1CCCCC2. The Morgan fingerprint density at radius 1 is 1.03 bits per heavy atom. The van der Waals surface area contributed by atoms with Gasteiger partial charge in [-0.05, 0) is 73.7 Å². The molecule has 35 heavy (non-hydrogen) atoms. The molecule has 1 aliphatic rings. The maximum absolute atomic E-state index is 13.1. The van der Waals surface area contributed by atoms with E-state index in [9.17, 15) is 18.8 Å². The first-order valence-electron chi connectivity index (χ1n) is 11.3. The molecular weight excluding hydrogens is 487 g/mol. The van der Waals surface area contributed by atoms with Crippen molar-refractivity contribution in [3.63, 3.8) is 0 Å². The Bertz CT molecular complexity index is 1240. The fourth-order valence-electron chi connectivity index (χ4n) is 3.93. The maximum Gasteiger partial charge on any atom is 0.341 e. The molecule has 0 aliphatic heterocycles. The van der Waals surface area contributed by atoms with Gasteiger partial charge in [0.05, 0.1) is 18.4 Å². The Morgan fingerprint density at radius 2 is 1.80 bits per heavy atom. The molecule has 0 atom stereocenters. The van der Waals surface area contributed by atoms with E-state index in [4.69, 9.17) is 4.74 Å². The van der Waals surface area contributed by atoms with Gasteiger partial charge in [0, 0.05) is 21.0 Å². The van der Waals surface area contributed by atoms with E-state index in [0.717, 1.165) is 47.4 Å². The number of benzene rings is 2. The van der Waals surface area contributed by atoms with Crippen LogP contribution in [0.15, 0.2) is 53.4 Å². The Hall–Kier alpha value is -3.17. The van der Waals surface area contributed by atoms with Crippen LogP contribution < -0.4 is 10.6 Å². The van der Waals surface area contributed by atoms with Crippen LogP contribution in [0, 0.1) is 5.82 Å². The minimum absolute atomic E-state index is 0.137. The number of amides is 2. The number of hydrogen-bond acceptors (Lipinski definition) is 6. The number of fused-ring (bicyclic) bond motifs is 1. The molecule has 9 heteroatoms. The fraction of sp³-hybridized carbons (Fsp3) is 0.269. The first-order chi connectivity index (χ1) is 16.9. The number of ether oxygens (including phenoxy) is 1. The molecule has 0 saturated carbocycles. The predicted molar refractivity (Wildman–Crippen MR) is 137 cm³/mol. The van der Waals surface area contributed by atoms with E-state index in [-0.39, 0.29) is 17.6 Å². The van der Waals surface area contributed by atoms with Crippen LogP contribution in [0.4, 0.5) is 15.1 Å². The Morgan fingerprint density at radius 3 is 2.57 bits per heavy atom. The van der Waals surface area contributed by atoms with Gasteiger partial charge in [-0.3, -0.25) is 9.59 Å². The third-order valence-corrected chi connectivity index (χ3v) is 7.83. The molecule has 182 valence electrons. The summed E-state index contributed by atoms with van der Waals surface area (Å²) in [5, 5.41) is 6.23. The average Bonchev–Trinajstić information content (AvgIpc) is 3.02. The molecule has 1 aliphatic carbocycles. The summed E-state index contributed by atoms with van der Waals surface area (Å²) in [6.45, 7) is 0. The summed E-state index contributed by atoms with van der Waals surface area (Å²) in [6.07, 6.45) is 4.95. The Kier molecular flexibility index (Phi) is 8.20. The van der Waals surface area contributed by atoms with Crippen LogP contribution in [0.3, 0.4) is 0 Å². The summed E-state index contributed by atoms with van der Waals surface area (Å²) >= 11 is 2.78. The average molecular weight is 513 g/mol. The molecule has 0 bridgehead atoms. The van der Waals surface area contributed by atoms with Gasteiger partial charge in [-0.25, -0.2) is 9.18 Å². The third-order valence-electron chi connectivity index (χ3n) is 5.63. The number of methoxy groups -OCH3 is 1. The molecule has 1 heterocycles. The summed E-state index contributed by atoms with van der Waals surface area (Å²) in [5.74, 6) is -1.26. The van der Waals surface area contributed by atoms with Crippen molar-refractivity contribution in [2.45, 2.75) is 37.0 Å². The van der Waals surface area contributed by atoms with Crippen molar-refractivity contribution in [3.8, 4) is 0 Å². The minimum atomic E-state index is -0.419. The lowest BCUT2D eigenvalue weighted by Gasteiger charge is -2.09. The zero-order valence-electron chi connectivity index (χ0n) is 19.2. The lowest BCUT2D eigenvalue weighted by Crippen LogP contribution is -2.16. The number of carbonyl (C=O) groups excluding carboxylic acids is 3. The van der Waals surface area contributed by atoms with Gasteiger partial charge in [-0.1, -0.05) is 12.5 Å². The van der Waals surface area contributed by atoms with Crippen molar-refractivity contribution in [1.82, 2.24) is 0 Å². The summed E-state index contributed by atoms with van der Waals surface area (Å²) < 4.78 is 18.1. The standard InChI is InChI=1S/C26H25FN2O4S2/c1-33-26(32)23-20-8-3-2-4-9-21(20)35-25(23)29-22(30)15-34-19-7-5-6-18(14-19)28-24(31)16-10-12-17(27)13-11-16/h5-7,10-14H,2-4,8-9,15H2,1H3,(H,28,31)(H,29,30). The second kappa shape index (κ2) is 11.5. The molecule has 0 radical (unpaired) electrons. The first-order valence-corrected chi connectivity index (χ1v) is 13.1. The van der Waals surface area contributed by atoms with Gasteiger partial charge in [0.15, 0.2) is 0 Å². The molecular formula is C26H25FN2O4S2. The number of thiophene rings is 1. The van der Waals surface area contributed by atoms with Crippen LogP contribution in [0.1, 0.15) is 50.4 Å². The monoisotopic (exact) mass is 512 g/mol. The number of thioether (sulfide) groups is 1. The molecule has 0 saturated heterocycles. The van der Waals surface area contributed by atoms with Crippen LogP contribution in [0.2, 0.25) is 0 Å². The second-order valence-corrected chi connectivity index (χ2v) is 10.2. The summed E-state index contributed by atoms with van der Waals surface area (Å²) in [7, 11) is 1.35. The van der Waals surface area contributed by atoms with Gasteiger partial charge in [-0.2, -0.15) is 0 Å². The summed E-state index contributed by atoms with van der Waals surface area (Å²) in [5.41, 5.74) is 2.41. The normalized spacial score (nSPS) is 12.9. The largest absolute Gasteiger partial charge is 0.465 e. The van der Waals surface area contributed by atoms with Gasteiger partial charge < -0.3 is 15.4 Å². The van der Waals surface area contributed by atoms with E-state index in [1.54, 1.807) is 18.2 Å². The van der Waals surface area contributed by atoms with Crippen LogP contribution in [0.5, 0.6) is 0 Å². The van der Waals surface area contributed by atoms with E-state index in [2.05, 4.69) is 10.6 Å². The van der Waals surface area contributed by atoms with Crippen molar-refractivity contribution in [2.24, 2.45) is 0 Å². The topological polar surface area (TPSA) is 84.5 Å². The number of aryl methyl sites for hydroxylation is 1. The first kappa shape index (κ1) is 24.9.